The predicted octanol–water partition coefficient (Wildman–Crippen LogP) is 2.70. The molecule has 19 heavy (non-hydrogen) atoms. The number of hydrogen-bond donors (Lipinski definition) is 1. The van der Waals surface area contributed by atoms with Gasteiger partial charge in [0.1, 0.15) is 5.75 Å². The van der Waals surface area contributed by atoms with Crippen LogP contribution in [0.15, 0.2) is 42.5 Å². The van der Waals surface area contributed by atoms with Gasteiger partial charge in [0.15, 0.2) is 6.29 Å². The lowest BCUT2D eigenvalue weighted by atomic mass is 10.0. The second kappa shape index (κ2) is 5.30. The summed E-state index contributed by atoms with van der Waals surface area (Å²) in [5, 5.41) is 20.7. The van der Waals surface area contributed by atoms with Gasteiger partial charge in [0.05, 0.1) is 10.5 Å². The summed E-state index contributed by atoms with van der Waals surface area (Å²) in [6.45, 7) is 0. The van der Waals surface area contributed by atoms with Gasteiger partial charge in [-0.15, -0.1) is 0 Å². The van der Waals surface area contributed by atoms with Gasteiger partial charge in [-0.3, -0.25) is 14.9 Å². The summed E-state index contributed by atoms with van der Waals surface area (Å²) in [6.07, 6.45) is 0.733. The Labute approximate surface area is 109 Å². The molecule has 0 unspecified atom stereocenters. The molecule has 0 radical (unpaired) electrons. The van der Waals surface area contributed by atoms with Gasteiger partial charge in [-0.2, -0.15) is 0 Å². The van der Waals surface area contributed by atoms with Gasteiger partial charge in [-0.05, 0) is 11.6 Å². The van der Waals surface area contributed by atoms with E-state index in [9.17, 15) is 20.0 Å². The molecule has 5 heteroatoms. The maximum absolute atomic E-state index is 10.9. The fraction of sp³-hybridized carbons (Fsp3) is 0.0714. The van der Waals surface area contributed by atoms with Gasteiger partial charge in [-0.25, -0.2) is 0 Å². The zero-order valence-corrected chi connectivity index (χ0v) is 9.95. The van der Waals surface area contributed by atoms with Crippen molar-refractivity contribution in [2.24, 2.45) is 0 Å². The highest BCUT2D eigenvalue weighted by Gasteiger charge is 2.17. The van der Waals surface area contributed by atoms with Crippen molar-refractivity contribution in [2.45, 2.75) is 6.42 Å². The first kappa shape index (κ1) is 12.8. The van der Waals surface area contributed by atoms with Crippen LogP contribution in [0.2, 0.25) is 0 Å². The third-order valence-electron chi connectivity index (χ3n) is 2.79. The highest BCUT2D eigenvalue weighted by Crippen LogP contribution is 2.28. The summed E-state index contributed by atoms with van der Waals surface area (Å²) >= 11 is 0. The number of aromatic hydroxyl groups is 1. The van der Waals surface area contributed by atoms with Crippen molar-refractivity contribution in [3.8, 4) is 5.75 Å². The van der Waals surface area contributed by atoms with Gasteiger partial charge in [0.2, 0.25) is 0 Å². The molecule has 0 heterocycles. The minimum absolute atomic E-state index is 0.114. The predicted molar refractivity (Wildman–Crippen MR) is 69.4 cm³/mol. The number of carbonyl (C=O) groups is 1. The summed E-state index contributed by atoms with van der Waals surface area (Å²) in [4.78, 5) is 21.0. The van der Waals surface area contributed by atoms with Gasteiger partial charge in [-0.1, -0.05) is 30.3 Å². The number of phenols is 1. The third-order valence-corrected chi connectivity index (χ3v) is 2.79. The van der Waals surface area contributed by atoms with Crippen LogP contribution in [0.4, 0.5) is 5.69 Å². The molecule has 0 aromatic heterocycles. The van der Waals surface area contributed by atoms with Crippen molar-refractivity contribution >= 4 is 12.0 Å². The number of benzene rings is 2. The Morgan fingerprint density at radius 3 is 2.47 bits per heavy atom. The van der Waals surface area contributed by atoms with Gasteiger partial charge >= 0.3 is 0 Å². The van der Waals surface area contributed by atoms with E-state index in [1.54, 1.807) is 0 Å². The average molecular weight is 257 g/mol. The highest BCUT2D eigenvalue weighted by molar-refractivity contribution is 5.82. The molecule has 2 aromatic carbocycles. The summed E-state index contributed by atoms with van der Waals surface area (Å²) in [5.41, 5.74) is 0.924. The number of nitro benzene ring substituents is 1. The Kier molecular flexibility index (Phi) is 3.56. The molecule has 0 aliphatic rings. The second-order valence-corrected chi connectivity index (χ2v) is 4.08. The number of rotatable bonds is 4. The molecule has 0 amide bonds. The van der Waals surface area contributed by atoms with Crippen LogP contribution in [0, 0.1) is 10.1 Å². The van der Waals surface area contributed by atoms with Crippen LogP contribution in [0.25, 0.3) is 0 Å². The molecular formula is C14H11NO4. The van der Waals surface area contributed by atoms with Crippen LogP contribution in [-0.2, 0) is 6.42 Å². The molecule has 0 spiro atoms. The maximum Gasteiger partial charge on any atom is 0.280 e. The minimum atomic E-state index is -0.627. The smallest absolute Gasteiger partial charge is 0.280 e. The van der Waals surface area contributed by atoms with Crippen molar-refractivity contribution in [1.82, 2.24) is 0 Å². The highest BCUT2D eigenvalue weighted by atomic mass is 16.6. The zero-order chi connectivity index (χ0) is 13.8. The van der Waals surface area contributed by atoms with Crippen molar-refractivity contribution in [1.29, 1.82) is 0 Å². The van der Waals surface area contributed by atoms with Crippen molar-refractivity contribution in [2.75, 3.05) is 0 Å². The standard InChI is InChI=1S/C14H11NO4/c16-9-12-8-14(17)11(7-13(12)15(18)19)6-10-4-2-1-3-5-10/h1-5,7-9,17H,6H2. The first-order chi connectivity index (χ1) is 9.11. The van der Waals surface area contributed by atoms with E-state index in [-0.39, 0.29) is 17.0 Å². The minimum Gasteiger partial charge on any atom is -0.508 e. The van der Waals surface area contributed by atoms with E-state index in [0.29, 0.717) is 18.3 Å². The molecule has 0 fully saturated rings. The third kappa shape index (κ3) is 2.77. The number of hydrogen-bond acceptors (Lipinski definition) is 4. The SMILES string of the molecule is O=Cc1cc(O)c(Cc2ccccc2)cc1[N+](=O)[O-]. The first-order valence-corrected chi connectivity index (χ1v) is 5.61. The second-order valence-electron chi connectivity index (χ2n) is 4.08. The molecule has 0 bridgehead atoms. The largest absolute Gasteiger partial charge is 0.508 e. The number of phenolic OH excluding ortho intramolecular Hbond substituents is 1. The number of carbonyl (C=O) groups excluding carboxylic acids is 1. The van der Waals surface area contributed by atoms with E-state index in [2.05, 4.69) is 0 Å². The monoisotopic (exact) mass is 257 g/mol. The normalized spacial score (nSPS) is 10.1. The van der Waals surface area contributed by atoms with Crippen molar-refractivity contribution in [3.05, 3.63) is 69.3 Å². The van der Waals surface area contributed by atoms with Crippen LogP contribution in [0.1, 0.15) is 21.5 Å². The first-order valence-electron chi connectivity index (χ1n) is 5.61. The van der Waals surface area contributed by atoms with E-state index in [1.165, 1.54) is 6.07 Å². The summed E-state index contributed by atoms with van der Waals surface area (Å²) in [6, 6.07) is 11.6. The van der Waals surface area contributed by atoms with Crippen molar-refractivity contribution in [3.63, 3.8) is 0 Å². The summed E-state index contributed by atoms with van der Waals surface area (Å²) in [5.74, 6) is -0.114. The van der Waals surface area contributed by atoms with E-state index >= 15 is 0 Å². The maximum atomic E-state index is 10.9. The Bertz CT molecular complexity index is 623. The van der Waals surface area contributed by atoms with Crippen LogP contribution in [-0.4, -0.2) is 16.3 Å². The Morgan fingerprint density at radius 1 is 1.21 bits per heavy atom. The van der Waals surface area contributed by atoms with E-state index in [0.717, 1.165) is 11.6 Å². The quantitative estimate of drug-likeness (QED) is 0.518. The van der Waals surface area contributed by atoms with E-state index < -0.39 is 4.92 Å². The number of nitrogens with zero attached hydrogens (tertiary/aromatic N) is 1. The zero-order valence-electron chi connectivity index (χ0n) is 9.95. The van der Waals surface area contributed by atoms with Crippen LogP contribution >= 0.6 is 0 Å². The van der Waals surface area contributed by atoms with E-state index in [4.69, 9.17) is 0 Å². The lowest BCUT2D eigenvalue weighted by Gasteiger charge is -2.06. The topological polar surface area (TPSA) is 80.4 Å². The Balaban J connectivity index is 2.44. The van der Waals surface area contributed by atoms with Crippen LogP contribution < -0.4 is 0 Å². The van der Waals surface area contributed by atoms with Crippen LogP contribution in [0.3, 0.4) is 0 Å². The molecule has 2 rings (SSSR count). The van der Waals surface area contributed by atoms with E-state index in [1.807, 2.05) is 30.3 Å². The number of aldehydes is 1. The molecule has 5 nitrogen and oxygen atoms in total. The lowest BCUT2D eigenvalue weighted by Crippen LogP contribution is -1.98. The lowest BCUT2D eigenvalue weighted by molar-refractivity contribution is -0.385. The summed E-state index contributed by atoms with van der Waals surface area (Å²) < 4.78 is 0. The van der Waals surface area contributed by atoms with Crippen molar-refractivity contribution < 1.29 is 14.8 Å². The fourth-order valence-electron chi connectivity index (χ4n) is 1.85. The number of nitro groups is 1. The molecule has 0 atom stereocenters. The van der Waals surface area contributed by atoms with Gasteiger partial charge in [0, 0.05) is 18.1 Å². The fourth-order valence-corrected chi connectivity index (χ4v) is 1.85. The Morgan fingerprint density at radius 2 is 1.89 bits per heavy atom. The average Bonchev–Trinajstić information content (AvgIpc) is 2.41. The summed E-state index contributed by atoms with van der Waals surface area (Å²) in [7, 11) is 0. The molecule has 2 aromatic rings. The van der Waals surface area contributed by atoms with Gasteiger partial charge < -0.3 is 5.11 Å². The molecule has 96 valence electrons. The van der Waals surface area contributed by atoms with Gasteiger partial charge in [0.25, 0.3) is 5.69 Å². The molecule has 1 N–H and O–H groups in total. The molecular weight excluding hydrogens is 246 g/mol. The molecule has 0 saturated heterocycles. The Hall–Kier alpha value is -2.69. The van der Waals surface area contributed by atoms with Crippen LogP contribution in [0.5, 0.6) is 5.75 Å². The molecule has 0 aliphatic carbocycles. The molecule has 0 aliphatic heterocycles. The molecule has 0 saturated carbocycles.